The maximum Gasteiger partial charge on any atom is 0.328 e. The summed E-state index contributed by atoms with van der Waals surface area (Å²) in [5.74, 6) is 5.30. The Bertz CT molecular complexity index is 2930. The minimum Gasteiger partial charge on any atom is -0.464 e. The molecule has 2 aliphatic heterocycles. The molecule has 58 heavy (non-hydrogen) atoms. The molecule has 2 fully saturated rings. The third-order valence-corrected chi connectivity index (χ3v) is 11.1. The van der Waals surface area contributed by atoms with Crippen LogP contribution in [0.15, 0.2) is 88.5 Å². The van der Waals surface area contributed by atoms with E-state index in [9.17, 15) is 24.3 Å². The van der Waals surface area contributed by atoms with Crippen LogP contribution in [0.4, 0.5) is 5.82 Å². The van der Waals surface area contributed by atoms with Crippen molar-refractivity contribution in [3.8, 4) is 34.4 Å². The number of hydrogen-bond acceptors (Lipinski definition) is 10. The molecule has 14 nitrogen and oxygen atoms in total. The number of aryl methyl sites for hydroxylation is 2. The van der Waals surface area contributed by atoms with Crippen molar-refractivity contribution in [2.24, 2.45) is 14.1 Å². The lowest BCUT2D eigenvalue weighted by atomic mass is 9.90. The van der Waals surface area contributed by atoms with E-state index in [4.69, 9.17) is 14.4 Å². The Labute approximate surface area is 331 Å². The molecule has 0 radical (unpaired) electrons. The summed E-state index contributed by atoms with van der Waals surface area (Å²) < 4.78 is 8.93. The molecule has 2 aromatic carbocycles. The third kappa shape index (κ3) is 6.65. The van der Waals surface area contributed by atoms with Gasteiger partial charge < -0.3 is 19.7 Å². The highest BCUT2D eigenvalue weighted by molar-refractivity contribution is 6.03. The van der Waals surface area contributed by atoms with Gasteiger partial charge in [-0.15, -0.1) is 0 Å². The van der Waals surface area contributed by atoms with Gasteiger partial charge in [-0.25, -0.2) is 9.78 Å². The van der Waals surface area contributed by atoms with Crippen LogP contribution in [0.1, 0.15) is 53.2 Å². The van der Waals surface area contributed by atoms with E-state index in [2.05, 4.69) is 32.4 Å². The lowest BCUT2D eigenvalue weighted by molar-refractivity contribution is -0.134. The van der Waals surface area contributed by atoms with Crippen LogP contribution in [-0.2, 0) is 23.7 Å². The average molecular weight is 775 g/mol. The van der Waals surface area contributed by atoms with E-state index in [1.165, 1.54) is 0 Å². The number of piperidine rings is 2. The van der Waals surface area contributed by atoms with Crippen molar-refractivity contribution in [2.75, 3.05) is 24.5 Å². The fourth-order valence-electron chi connectivity index (χ4n) is 7.93. The maximum atomic E-state index is 13.0. The van der Waals surface area contributed by atoms with E-state index < -0.39 is 5.92 Å². The Hall–Kier alpha value is -7.11. The molecule has 1 unspecified atom stereocenters. The molecule has 0 aliphatic carbocycles. The number of imide groups is 1. The van der Waals surface area contributed by atoms with Gasteiger partial charge in [-0.05, 0) is 67.1 Å². The highest BCUT2D eigenvalue weighted by Gasteiger charge is 2.30. The smallest absolute Gasteiger partial charge is 0.328 e. The Morgan fingerprint density at radius 1 is 0.948 bits per heavy atom. The number of aromatic nitrogens is 5. The molecule has 2 aliphatic rings. The van der Waals surface area contributed by atoms with Gasteiger partial charge in [0.05, 0.1) is 41.7 Å². The molecule has 7 aromatic rings. The van der Waals surface area contributed by atoms with E-state index in [0.717, 1.165) is 49.8 Å². The minimum absolute atomic E-state index is 0.0886. The molecule has 9 rings (SSSR count). The lowest BCUT2D eigenvalue weighted by Crippen LogP contribution is -2.39. The van der Waals surface area contributed by atoms with E-state index in [1.54, 1.807) is 60.0 Å². The summed E-state index contributed by atoms with van der Waals surface area (Å²) in [6.07, 6.45) is 6.60. The van der Waals surface area contributed by atoms with E-state index in [1.807, 2.05) is 42.6 Å². The number of nitrogens with zero attached hydrogens (tertiary/aromatic N) is 6. The number of hydrogen-bond donors (Lipinski definition) is 3. The second-order valence-electron chi connectivity index (χ2n) is 14.7. The van der Waals surface area contributed by atoms with Gasteiger partial charge >= 0.3 is 5.69 Å². The number of imidazole rings is 1. The SMILES string of the molecule is Cn1c(=O)n(C)c2c(N3CCC(O)CC3)nc(-c3cccc4cc(-c5ccc(C(=O)NCC#Cc6ccc7occ(C8CCC(=O)NC8=O)c7c6)nc5)ncc34)cc21. The molecule has 1 atom stereocenters. The number of carbonyl (C=O) groups is 3. The number of nitrogens with one attached hydrogen (secondary N) is 2. The van der Waals surface area contributed by atoms with Crippen molar-refractivity contribution in [1.82, 2.24) is 34.7 Å². The van der Waals surface area contributed by atoms with Gasteiger partial charge in [-0.2, -0.15) is 0 Å². The van der Waals surface area contributed by atoms with Gasteiger partial charge in [0.2, 0.25) is 11.8 Å². The number of fused-ring (bicyclic) bond motifs is 3. The molecular weight excluding hydrogens is 737 g/mol. The molecule has 0 spiro atoms. The molecule has 3 amide bonds. The number of benzene rings is 2. The van der Waals surface area contributed by atoms with Gasteiger partial charge in [0.15, 0.2) is 5.82 Å². The fraction of sp³-hybridized carbons (Fsp3) is 0.250. The first-order chi connectivity index (χ1) is 28.1. The van der Waals surface area contributed by atoms with Gasteiger partial charge in [-0.1, -0.05) is 30.0 Å². The fourth-order valence-corrected chi connectivity index (χ4v) is 7.93. The Morgan fingerprint density at radius 3 is 2.59 bits per heavy atom. The van der Waals surface area contributed by atoms with Crippen LogP contribution in [-0.4, -0.2) is 72.7 Å². The van der Waals surface area contributed by atoms with Crippen LogP contribution < -0.4 is 21.2 Å². The molecule has 5 aromatic heterocycles. The number of furan rings is 1. The molecule has 0 bridgehead atoms. The zero-order valence-electron chi connectivity index (χ0n) is 31.8. The first kappa shape index (κ1) is 36.5. The predicted molar refractivity (Wildman–Crippen MR) is 218 cm³/mol. The number of aliphatic hydroxyl groups excluding tert-OH is 1. The summed E-state index contributed by atoms with van der Waals surface area (Å²) in [5, 5.41) is 17.9. The zero-order chi connectivity index (χ0) is 40.1. The van der Waals surface area contributed by atoms with Crippen LogP contribution >= 0.6 is 0 Å². The first-order valence-corrected chi connectivity index (χ1v) is 19.1. The Balaban J connectivity index is 0.907. The highest BCUT2D eigenvalue weighted by atomic mass is 16.3. The van der Waals surface area contributed by atoms with Crippen molar-refractivity contribution >= 4 is 56.3 Å². The van der Waals surface area contributed by atoms with Crippen molar-refractivity contribution < 1.29 is 23.9 Å². The number of carbonyl (C=O) groups excluding carboxylic acids is 3. The normalized spacial score (nSPS) is 16.1. The van der Waals surface area contributed by atoms with Crippen LogP contribution in [0.2, 0.25) is 0 Å². The summed E-state index contributed by atoms with van der Waals surface area (Å²) in [4.78, 5) is 66.5. The van der Waals surface area contributed by atoms with Crippen molar-refractivity contribution in [1.29, 1.82) is 0 Å². The van der Waals surface area contributed by atoms with Crippen molar-refractivity contribution in [3.05, 3.63) is 107 Å². The molecule has 7 heterocycles. The number of aliphatic hydroxyl groups is 1. The Morgan fingerprint density at radius 2 is 1.79 bits per heavy atom. The number of anilines is 1. The number of pyridine rings is 3. The van der Waals surface area contributed by atoms with E-state index in [0.29, 0.717) is 54.8 Å². The largest absolute Gasteiger partial charge is 0.464 e. The summed E-state index contributed by atoms with van der Waals surface area (Å²) in [6, 6.07) is 18.8. The quantitative estimate of drug-likeness (QED) is 0.160. The predicted octanol–water partition coefficient (Wildman–Crippen LogP) is 4.56. The number of amides is 3. The summed E-state index contributed by atoms with van der Waals surface area (Å²) in [6.45, 7) is 1.37. The molecule has 2 saturated heterocycles. The van der Waals surface area contributed by atoms with Gasteiger partial charge in [0.1, 0.15) is 16.8 Å². The van der Waals surface area contributed by atoms with Crippen molar-refractivity contribution in [3.63, 3.8) is 0 Å². The molecule has 14 heteroatoms. The molecular formula is C44H38N8O6. The minimum atomic E-state index is -0.473. The molecule has 0 saturated carbocycles. The maximum absolute atomic E-state index is 13.0. The van der Waals surface area contributed by atoms with E-state index in [-0.39, 0.29) is 48.2 Å². The molecule has 290 valence electrons. The van der Waals surface area contributed by atoms with Crippen LogP contribution in [0.3, 0.4) is 0 Å². The monoisotopic (exact) mass is 774 g/mol. The first-order valence-electron chi connectivity index (χ1n) is 19.1. The van der Waals surface area contributed by atoms with Crippen LogP contribution in [0, 0.1) is 11.8 Å². The molecule has 3 N–H and O–H groups in total. The zero-order valence-corrected chi connectivity index (χ0v) is 31.8. The second kappa shape index (κ2) is 14.8. The van der Waals surface area contributed by atoms with Crippen LogP contribution in [0.25, 0.3) is 55.3 Å². The van der Waals surface area contributed by atoms with Gasteiger partial charge in [0, 0.05) is 79.0 Å². The van der Waals surface area contributed by atoms with Gasteiger partial charge in [0.25, 0.3) is 5.91 Å². The summed E-state index contributed by atoms with van der Waals surface area (Å²) in [5.41, 5.74) is 6.69. The third-order valence-electron chi connectivity index (χ3n) is 11.1. The average Bonchev–Trinajstić information content (AvgIpc) is 3.75. The lowest BCUT2D eigenvalue weighted by Gasteiger charge is -2.31. The Kier molecular flexibility index (Phi) is 9.29. The number of rotatable bonds is 6. The summed E-state index contributed by atoms with van der Waals surface area (Å²) >= 11 is 0. The second-order valence-corrected chi connectivity index (χ2v) is 14.7. The van der Waals surface area contributed by atoms with E-state index >= 15 is 0 Å². The van der Waals surface area contributed by atoms with Crippen molar-refractivity contribution in [2.45, 2.75) is 37.7 Å². The van der Waals surface area contributed by atoms with Crippen LogP contribution in [0.5, 0.6) is 0 Å². The highest BCUT2D eigenvalue weighted by Crippen LogP contribution is 2.36. The topological polar surface area (TPSA) is 177 Å². The van der Waals surface area contributed by atoms with Gasteiger partial charge in [-0.3, -0.25) is 38.8 Å². The summed E-state index contributed by atoms with van der Waals surface area (Å²) in [7, 11) is 3.53. The standard InChI is InChI=1S/C44H38N8O6/c1-50-37-21-36(48-41(40(37)51(2)44(50)57)52-17-14-28(53)15-18-52)29-7-3-6-26-20-35(47-23-32(26)29)27-9-11-34(46-22-27)43(56)45-16-4-5-25-8-12-38-31(19-25)33(24-58-38)30-10-13-39(54)49-42(30)55/h3,6-9,11-12,19-24,28,30,53H,10,13-18H2,1-2H3,(H,45,56)(H,49,54,55).